The van der Waals surface area contributed by atoms with E-state index in [4.69, 9.17) is 4.74 Å². The fourth-order valence-corrected chi connectivity index (χ4v) is 3.17. The van der Waals surface area contributed by atoms with E-state index in [9.17, 15) is 0 Å². The van der Waals surface area contributed by atoms with Crippen molar-refractivity contribution in [3.8, 4) is 0 Å². The van der Waals surface area contributed by atoms with E-state index in [2.05, 4.69) is 44.6 Å². The van der Waals surface area contributed by atoms with Gasteiger partial charge >= 0.3 is 0 Å². The highest BCUT2D eigenvalue weighted by Gasteiger charge is 2.10. The minimum Gasteiger partial charge on any atom is -0.378 e. The molecule has 2 aromatic rings. The summed E-state index contributed by atoms with van der Waals surface area (Å²) < 4.78 is 7.25. The van der Waals surface area contributed by atoms with Crippen molar-refractivity contribution in [3.05, 3.63) is 45.7 Å². The second-order valence-electron chi connectivity index (χ2n) is 5.13. The van der Waals surface area contributed by atoms with Gasteiger partial charge in [0.25, 0.3) is 0 Å². The second-order valence-corrected chi connectivity index (χ2v) is 5.97. The van der Waals surface area contributed by atoms with Crippen LogP contribution in [0.3, 0.4) is 0 Å². The molecule has 0 radical (unpaired) electrons. The molecule has 1 aliphatic heterocycles. The van der Waals surface area contributed by atoms with Gasteiger partial charge < -0.3 is 9.64 Å². The number of hydrogen-bond acceptors (Lipinski definition) is 5. The maximum Gasteiger partial charge on any atom is 0.205 e. The number of benzene rings is 1. The number of anilines is 1. The lowest BCUT2D eigenvalue weighted by molar-refractivity contribution is 0.122. The van der Waals surface area contributed by atoms with Crippen molar-refractivity contribution >= 4 is 23.2 Å². The van der Waals surface area contributed by atoms with Crippen LogP contribution in [0.4, 0.5) is 5.69 Å². The molecule has 0 aliphatic carbocycles. The van der Waals surface area contributed by atoms with Gasteiger partial charge in [0.15, 0.2) is 0 Å². The summed E-state index contributed by atoms with van der Waals surface area (Å²) in [6, 6.07) is 8.48. The maximum atomic E-state index is 5.38. The van der Waals surface area contributed by atoms with Crippen LogP contribution in [0.1, 0.15) is 11.3 Å². The number of nitrogens with zero attached hydrogens (tertiary/aromatic N) is 4. The van der Waals surface area contributed by atoms with Crippen molar-refractivity contribution in [2.24, 2.45) is 10.1 Å². The standard InChI is InChI=1S/C16H20N4OS/c1-13-12-22-16(17-2)20(13)18-11-14-3-5-15(6-4-14)19-7-9-21-10-8-19/h3-6,11-12H,7-10H2,1-2H3. The molecule has 0 atom stereocenters. The fourth-order valence-electron chi connectivity index (χ4n) is 2.39. The number of thiazole rings is 1. The first-order chi connectivity index (χ1) is 10.8. The van der Waals surface area contributed by atoms with Gasteiger partial charge in [0.05, 0.1) is 25.1 Å². The zero-order valence-corrected chi connectivity index (χ0v) is 13.7. The van der Waals surface area contributed by atoms with E-state index >= 15 is 0 Å². The zero-order valence-electron chi connectivity index (χ0n) is 12.9. The van der Waals surface area contributed by atoms with Crippen molar-refractivity contribution in [1.82, 2.24) is 4.68 Å². The van der Waals surface area contributed by atoms with Gasteiger partial charge in [-0.2, -0.15) is 5.10 Å². The Bertz CT molecular complexity index is 708. The predicted molar refractivity (Wildman–Crippen MR) is 91.0 cm³/mol. The topological polar surface area (TPSA) is 42.1 Å². The molecule has 1 saturated heterocycles. The summed E-state index contributed by atoms with van der Waals surface area (Å²) in [4.78, 5) is 7.47. The maximum absolute atomic E-state index is 5.38. The first-order valence-electron chi connectivity index (χ1n) is 7.35. The highest BCUT2D eigenvalue weighted by molar-refractivity contribution is 7.07. The monoisotopic (exact) mass is 316 g/mol. The third kappa shape index (κ3) is 3.28. The van der Waals surface area contributed by atoms with E-state index < -0.39 is 0 Å². The molecule has 0 spiro atoms. The SMILES string of the molecule is CN=c1scc(C)n1N=Cc1ccc(N2CCOCC2)cc1. The lowest BCUT2D eigenvalue weighted by Gasteiger charge is -2.28. The molecule has 0 saturated carbocycles. The van der Waals surface area contributed by atoms with Crippen LogP contribution in [0.2, 0.25) is 0 Å². The summed E-state index contributed by atoms with van der Waals surface area (Å²) in [5.41, 5.74) is 3.41. The molecule has 0 N–H and O–H groups in total. The summed E-state index contributed by atoms with van der Waals surface area (Å²) in [7, 11) is 1.79. The van der Waals surface area contributed by atoms with Gasteiger partial charge in [-0.1, -0.05) is 12.1 Å². The Hall–Kier alpha value is -1.92. The van der Waals surface area contributed by atoms with Crippen molar-refractivity contribution in [2.75, 3.05) is 38.3 Å². The lowest BCUT2D eigenvalue weighted by atomic mass is 10.2. The quantitative estimate of drug-likeness (QED) is 0.814. The lowest BCUT2D eigenvalue weighted by Crippen LogP contribution is -2.36. The molecule has 0 bridgehead atoms. The number of rotatable bonds is 3. The van der Waals surface area contributed by atoms with Gasteiger partial charge in [-0.3, -0.25) is 4.99 Å². The van der Waals surface area contributed by atoms with E-state index in [0.29, 0.717) is 0 Å². The van der Waals surface area contributed by atoms with Gasteiger partial charge in [0.1, 0.15) is 0 Å². The minimum atomic E-state index is 0.806. The molecular weight excluding hydrogens is 296 g/mol. The molecule has 0 unspecified atom stereocenters. The molecule has 1 fully saturated rings. The molecule has 6 heteroatoms. The highest BCUT2D eigenvalue weighted by atomic mass is 32.1. The molecule has 116 valence electrons. The van der Waals surface area contributed by atoms with E-state index in [1.165, 1.54) is 5.69 Å². The Labute approximate surface area is 134 Å². The van der Waals surface area contributed by atoms with Gasteiger partial charge in [-0.15, -0.1) is 11.3 Å². The zero-order chi connectivity index (χ0) is 15.4. The number of morpholine rings is 1. The Kier molecular flexibility index (Phi) is 4.70. The molecular formula is C16H20N4OS. The van der Waals surface area contributed by atoms with Crippen LogP contribution >= 0.6 is 11.3 Å². The van der Waals surface area contributed by atoms with E-state index in [0.717, 1.165) is 42.4 Å². The van der Waals surface area contributed by atoms with Crippen LogP contribution in [0, 0.1) is 6.92 Å². The van der Waals surface area contributed by atoms with Gasteiger partial charge in [0.2, 0.25) is 4.80 Å². The van der Waals surface area contributed by atoms with Gasteiger partial charge in [-0.25, -0.2) is 4.68 Å². The predicted octanol–water partition coefficient (Wildman–Crippen LogP) is 2.11. The Morgan fingerprint density at radius 3 is 2.59 bits per heavy atom. The van der Waals surface area contributed by atoms with Gasteiger partial charge in [-0.05, 0) is 24.6 Å². The number of aryl methyl sites for hydroxylation is 1. The van der Waals surface area contributed by atoms with Gasteiger partial charge in [0, 0.05) is 31.2 Å². The first-order valence-corrected chi connectivity index (χ1v) is 8.23. The summed E-state index contributed by atoms with van der Waals surface area (Å²) in [6.45, 7) is 5.56. The van der Waals surface area contributed by atoms with E-state index in [-0.39, 0.29) is 0 Å². The Balaban J connectivity index is 1.75. The molecule has 2 heterocycles. The highest BCUT2D eigenvalue weighted by Crippen LogP contribution is 2.16. The van der Waals surface area contributed by atoms with Crippen molar-refractivity contribution in [3.63, 3.8) is 0 Å². The molecule has 0 amide bonds. The third-order valence-electron chi connectivity index (χ3n) is 3.63. The number of hydrogen-bond donors (Lipinski definition) is 0. The average molecular weight is 316 g/mol. The van der Waals surface area contributed by atoms with Crippen LogP contribution in [0.15, 0.2) is 39.7 Å². The smallest absolute Gasteiger partial charge is 0.205 e. The normalized spacial score (nSPS) is 16.6. The summed E-state index contributed by atoms with van der Waals surface area (Å²) in [5.74, 6) is 0. The second kappa shape index (κ2) is 6.89. The largest absolute Gasteiger partial charge is 0.378 e. The Morgan fingerprint density at radius 2 is 1.91 bits per heavy atom. The first kappa shape index (κ1) is 15.0. The average Bonchev–Trinajstić information content (AvgIpc) is 2.94. The van der Waals surface area contributed by atoms with Crippen molar-refractivity contribution in [1.29, 1.82) is 0 Å². The van der Waals surface area contributed by atoms with Crippen LogP contribution < -0.4 is 9.70 Å². The van der Waals surface area contributed by atoms with Crippen molar-refractivity contribution in [2.45, 2.75) is 6.92 Å². The number of ether oxygens (including phenoxy) is 1. The summed E-state index contributed by atoms with van der Waals surface area (Å²) in [6.07, 6.45) is 1.87. The summed E-state index contributed by atoms with van der Waals surface area (Å²) in [5, 5.41) is 6.58. The summed E-state index contributed by atoms with van der Waals surface area (Å²) >= 11 is 1.60. The van der Waals surface area contributed by atoms with Crippen molar-refractivity contribution < 1.29 is 4.74 Å². The fraction of sp³-hybridized carbons (Fsp3) is 0.375. The van der Waals surface area contributed by atoms with Crippen LogP contribution in [0.5, 0.6) is 0 Å². The molecule has 5 nitrogen and oxygen atoms in total. The number of aromatic nitrogens is 1. The Morgan fingerprint density at radius 1 is 1.18 bits per heavy atom. The van der Waals surface area contributed by atoms with Crippen LogP contribution in [-0.2, 0) is 4.74 Å². The molecule has 1 aliphatic rings. The minimum absolute atomic E-state index is 0.806. The molecule has 1 aromatic heterocycles. The van der Waals surface area contributed by atoms with E-state index in [1.807, 2.05) is 17.8 Å². The molecule has 22 heavy (non-hydrogen) atoms. The van der Waals surface area contributed by atoms with Crippen LogP contribution in [0.25, 0.3) is 0 Å². The molecule has 1 aromatic carbocycles. The molecule has 3 rings (SSSR count). The third-order valence-corrected chi connectivity index (χ3v) is 4.66. The van der Waals surface area contributed by atoms with E-state index in [1.54, 1.807) is 18.4 Å². The van der Waals surface area contributed by atoms with Crippen LogP contribution in [-0.4, -0.2) is 44.2 Å².